The molecule has 0 spiro atoms. The summed E-state index contributed by atoms with van der Waals surface area (Å²) in [6.45, 7) is -0.112. The number of hydrogen-bond acceptors (Lipinski definition) is 5. The Balaban J connectivity index is 2.51. The highest BCUT2D eigenvalue weighted by Gasteiger charge is 2.26. The first kappa shape index (κ1) is 9.84. The summed E-state index contributed by atoms with van der Waals surface area (Å²) < 4.78 is 5.23. The topological polar surface area (TPSA) is 94.4 Å². The number of rotatable bonds is 1. The molecule has 15 heavy (non-hydrogen) atoms. The SMILES string of the molecule is O=C1COc2cc(Br)c([N+](=O)[O-])nc2N1. The van der Waals surface area contributed by atoms with E-state index in [0.717, 1.165) is 0 Å². The van der Waals surface area contributed by atoms with E-state index < -0.39 is 4.92 Å². The number of pyridine rings is 1. The van der Waals surface area contributed by atoms with E-state index in [1.165, 1.54) is 6.07 Å². The van der Waals surface area contributed by atoms with Crippen LogP contribution in [0.15, 0.2) is 10.5 Å². The number of anilines is 1. The molecule has 2 rings (SSSR count). The molecular weight excluding hydrogens is 270 g/mol. The molecule has 8 heteroatoms. The Labute approximate surface area is 91.7 Å². The smallest absolute Gasteiger partial charge is 0.380 e. The molecule has 0 atom stereocenters. The molecule has 1 N–H and O–H groups in total. The monoisotopic (exact) mass is 273 g/mol. The van der Waals surface area contributed by atoms with Crippen LogP contribution in [0.1, 0.15) is 0 Å². The molecular formula is C7H4BrN3O4. The quantitative estimate of drug-likeness (QED) is 0.610. The van der Waals surface area contributed by atoms with Crippen LogP contribution < -0.4 is 10.1 Å². The Bertz CT molecular complexity index is 462. The van der Waals surface area contributed by atoms with Crippen LogP contribution in [-0.4, -0.2) is 22.4 Å². The maximum Gasteiger partial charge on any atom is 0.380 e. The van der Waals surface area contributed by atoms with Crippen LogP contribution in [0.3, 0.4) is 0 Å². The largest absolute Gasteiger partial charge is 0.477 e. The van der Waals surface area contributed by atoms with Gasteiger partial charge in [-0.25, -0.2) is 0 Å². The van der Waals surface area contributed by atoms with Gasteiger partial charge < -0.3 is 14.9 Å². The first-order valence-corrected chi connectivity index (χ1v) is 4.65. The van der Waals surface area contributed by atoms with Gasteiger partial charge in [0.15, 0.2) is 12.4 Å². The summed E-state index contributed by atoms with van der Waals surface area (Å²) >= 11 is 2.99. The van der Waals surface area contributed by atoms with Crippen LogP contribution in [-0.2, 0) is 4.79 Å². The Kier molecular flexibility index (Phi) is 2.27. The van der Waals surface area contributed by atoms with Crippen LogP contribution in [0.5, 0.6) is 5.75 Å². The van der Waals surface area contributed by atoms with E-state index >= 15 is 0 Å². The molecule has 7 nitrogen and oxygen atoms in total. The van der Waals surface area contributed by atoms with E-state index in [9.17, 15) is 14.9 Å². The van der Waals surface area contributed by atoms with Crippen molar-refractivity contribution in [3.63, 3.8) is 0 Å². The first-order chi connectivity index (χ1) is 7.08. The zero-order chi connectivity index (χ0) is 11.0. The van der Waals surface area contributed by atoms with E-state index in [1.807, 2.05) is 0 Å². The molecule has 0 fully saturated rings. The van der Waals surface area contributed by atoms with Crippen molar-refractivity contribution in [3.05, 3.63) is 20.7 Å². The molecule has 0 saturated heterocycles. The second-order valence-electron chi connectivity index (χ2n) is 2.73. The number of ether oxygens (including phenoxy) is 1. The van der Waals surface area contributed by atoms with Crippen molar-refractivity contribution in [2.75, 3.05) is 11.9 Å². The van der Waals surface area contributed by atoms with Crippen molar-refractivity contribution in [2.24, 2.45) is 0 Å². The number of fused-ring (bicyclic) bond motifs is 1. The lowest BCUT2D eigenvalue weighted by Crippen LogP contribution is -2.26. The number of carbonyl (C=O) groups is 1. The van der Waals surface area contributed by atoms with Crippen molar-refractivity contribution < 1.29 is 14.5 Å². The Morgan fingerprint density at radius 3 is 3.07 bits per heavy atom. The van der Waals surface area contributed by atoms with Crippen molar-refractivity contribution in [1.29, 1.82) is 0 Å². The molecule has 1 amide bonds. The highest BCUT2D eigenvalue weighted by atomic mass is 79.9. The number of nitro groups is 1. The molecule has 1 aromatic rings. The van der Waals surface area contributed by atoms with Gasteiger partial charge in [-0.3, -0.25) is 10.1 Å². The summed E-state index contributed by atoms with van der Waals surface area (Å²) in [6.07, 6.45) is 0. The number of amides is 1. The second kappa shape index (κ2) is 3.46. The molecule has 0 unspecified atom stereocenters. The first-order valence-electron chi connectivity index (χ1n) is 3.85. The lowest BCUT2D eigenvalue weighted by Gasteiger charge is -2.13. The molecule has 78 valence electrons. The maximum absolute atomic E-state index is 10.9. The van der Waals surface area contributed by atoms with Gasteiger partial charge in [0, 0.05) is 6.07 Å². The third-order valence-corrected chi connectivity index (χ3v) is 2.30. The minimum Gasteiger partial charge on any atom is -0.477 e. The third kappa shape index (κ3) is 1.75. The van der Waals surface area contributed by atoms with Gasteiger partial charge in [-0.05, 0) is 25.8 Å². The standard InChI is InChI=1S/C7H4BrN3O4/c8-3-1-4-6(9-5(12)2-15-4)10-7(3)11(13)14/h1H,2H2,(H,9,10,12). The van der Waals surface area contributed by atoms with Crippen molar-refractivity contribution in [2.45, 2.75) is 0 Å². The second-order valence-corrected chi connectivity index (χ2v) is 3.59. The average Bonchev–Trinajstić information content (AvgIpc) is 2.17. The van der Waals surface area contributed by atoms with Gasteiger partial charge in [-0.2, -0.15) is 0 Å². The number of carbonyl (C=O) groups excluding carboxylic acids is 1. The molecule has 0 aliphatic carbocycles. The van der Waals surface area contributed by atoms with E-state index in [0.29, 0.717) is 5.75 Å². The van der Waals surface area contributed by atoms with Gasteiger partial charge in [0.05, 0.1) is 0 Å². The molecule has 1 aromatic heterocycles. The van der Waals surface area contributed by atoms with Crippen LogP contribution in [0.2, 0.25) is 0 Å². The van der Waals surface area contributed by atoms with Crippen LogP contribution >= 0.6 is 15.9 Å². The fourth-order valence-electron chi connectivity index (χ4n) is 1.10. The molecule has 0 bridgehead atoms. The van der Waals surface area contributed by atoms with Crippen LogP contribution in [0.4, 0.5) is 11.6 Å². The lowest BCUT2D eigenvalue weighted by atomic mass is 10.3. The van der Waals surface area contributed by atoms with E-state index in [-0.39, 0.29) is 28.6 Å². The summed E-state index contributed by atoms with van der Waals surface area (Å²) in [7, 11) is 0. The van der Waals surface area contributed by atoms with Crippen molar-refractivity contribution in [3.8, 4) is 5.75 Å². The van der Waals surface area contributed by atoms with Gasteiger partial charge in [-0.1, -0.05) is 0 Å². The van der Waals surface area contributed by atoms with Gasteiger partial charge in [0.25, 0.3) is 11.7 Å². The summed E-state index contributed by atoms with van der Waals surface area (Å²) in [5.41, 5.74) is 0. The van der Waals surface area contributed by atoms with Gasteiger partial charge in [-0.15, -0.1) is 0 Å². The fraction of sp³-hybridized carbons (Fsp3) is 0.143. The van der Waals surface area contributed by atoms with Gasteiger partial charge in [0.2, 0.25) is 0 Å². The highest BCUT2D eigenvalue weighted by Crippen LogP contribution is 2.33. The Morgan fingerprint density at radius 2 is 2.40 bits per heavy atom. The zero-order valence-corrected chi connectivity index (χ0v) is 8.78. The van der Waals surface area contributed by atoms with E-state index in [2.05, 4.69) is 26.2 Å². The minimum atomic E-state index is -0.648. The summed E-state index contributed by atoms with van der Waals surface area (Å²) in [5.74, 6) is -0.362. The van der Waals surface area contributed by atoms with Crippen LogP contribution in [0, 0.1) is 10.1 Å². The molecule has 0 saturated carbocycles. The van der Waals surface area contributed by atoms with Gasteiger partial charge >= 0.3 is 5.82 Å². The number of nitrogens with zero attached hydrogens (tertiary/aromatic N) is 2. The Morgan fingerprint density at radius 1 is 1.67 bits per heavy atom. The average molecular weight is 274 g/mol. The number of hydrogen-bond donors (Lipinski definition) is 1. The van der Waals surface area contributed by atoms with E-state index in [1.54, 1.807) is 0 Å². The van der Waals surface area contributed by atoms with Crippen LogP contribution in [0.25, 0.3) is 0 Å². The molecule has 1 aliphatic rings. The lowest BCUT2D eigenvalue weighted by molar-refractivity contribution is -0.390. The Hall–Kier alpha value is -1.70. The summed E-state index contributed by atoms with van der Waals surface area (Å²) in [5, 5.41) is 12.9. The number of halogens is 1. The predicted molar refractivity (Wildman–Crippen MR) is 52.7 cm³/mol. The van der Waals surface area contributed by atoms with Crippen molar-refractivity contribution >= 4 is 33.5 Å². The predicted octanol–water partition coefficient (Wildman–Crippen LogP) is 1.08. The number of nitrogens with one attached hydrogen (secondary N) is 1. The fourth-order valence-corrected chi connectivity index (χ4v) is 1.54. The highest BCUT2D eigenvalue weighted by molar-refractivity contribution is 9.10. The molecule has 1 aliphatic heterocycles. The zero-order valence-electron chi connectivity index (χ0n) is 7.19. The molecule has 2 heterocycles. The van der Waals surface area contributed by atoms with Crippen molar-refractivity contribution in [1.82, 2.24) is 4.98 Å². The van der Waals surface area contributed by atoms with Gasteiger partial charge in [0.1, 0.15) is 4.47 Å². The van der Waals surface area contributed by atoms with E-state index in [4.69, 9.17) is 4.74 Å². The summed E-state index contributed by atoms with van der Waals surface area (Å²) in [4.78, 5) is 24.5. The third-order valence-electron chi connectivity index (χ3n) is 1.71. The maximum atomic E-state index is 10.9. The minimum absolute atomic E-state index is 0.0705. The normalized spacial score (nSPS) is 13.8. The summed E-state index contributed by atoms with van der Waals surface area (Å²) in [6, 6.07) is 1.40. The molecule has 0 radical (unpaired) electrons. The molecule has 0 aromatic carbocycles. The number of aromatic nitrogens is 1.